The van der Waals surface area contributed by atoms with E-state index in [0.717, 1.165) is 5.56 Å². The van der Waals surface area contributed by atoms with E-state index in [-0.39, 0.29) is 0 Å². The average molecular weight is 274 g/mol. The zero-order valence-electron chi connectivity index (χ0n) is 8.65. The van der Waals surface area contributed by atoms with Crippen molar-refractivity contribution < 1.29 is 10.2 Å². The van der Waals surface area contributed by atoms with Crippen LogP contribution in [0.1, 0.15) is 23.7 Å². The van der Waals surface area contributed by atoms with Crippen LogP contribution >= 0.6 is 15.9 Å². The number of alkyl halides is 1. The molecule has 1 aromatic carbocycles. The van der Waals surface area contributed by atoms with Gasteiger partial charge in [-0.1, -0.05) is 28.1 Å². The van der Waals surface area contributed by atoms with Crippen LogP contribution < -0.4 is 5.73 Å². The van der Waals surface area contributed by atoms with Crippen molar-refractivity contribution in [1.29, 1.82) is 0 Å². The molecule has 0 amide bonds. The van der Waals surface area contributed by atoms with E-state index in [1.165, 1.54) is 0 Å². The Labute approximate surface area is 98.1 Å². The molecule has 0 fully saturated rings. The molecular weight excluding hydrogens is 258 g/mol. The second kappa shape index (κ2) is 5.49. The molecule has 0 saturated heterocycles. The van der Waals surface area contributed by atoms with Crippen LogP contribution in [0.5, 0.6) is 0 Å². The summed E-state index contributed by atoms with van der Waals surface area (Å²) in [6.45, 7) is 1.93. The normalized spacial score (nSPS) is 14.9. The van der Waals surface area contributed by atoms with Crippen molar-refractivity contribution in [3.05, 3.63) is 29.3 Å². The van der Waals surface area contributed by atoms with Gasteiger partial charge in [0, 0.05) is 16.6 Å². The van der Waals surface area contributed by atoms with Crippen LogP contribution in [0, 0.1) is 6.92 Å². The topological polar surface area (TPSA) is 66.5 Å². The Morgan fingerprint density at radius 1 is 1.40 bits per heavy atom. The van der Waals surface area contributed by atoms with Crippen LogP contribution in [-0.4, -0.2) is 21.6 Å². The fourth-order valence-electron chi connectivity index (χ4n) is 1.44. The number of aryl methyl sites for hydroxylation is 1. The van der Waals surface area contributed by atoms with Crippen molar-refractivity contribution in [1.82, 2.24) is 0 Å². The van der Waals surface area contributed by atoms with Crippen LogP contribution in [0.25, 0.3) is 0 Å². The monoisotopic (exact) mass is 273 g/mol. The first-order valence-electron chi connectivity index (χ1n) is 4.84. The van der Waals surface area contributed by atoms with Crippen LogP contribution in [0.3, 0.4) is 0 Å². The Morgan fingerprint density at radius 2 is 2.07 bits per heavy atom. The molecule has 84 valence electrons. The van der Waals surface area contributed by atoms with E-state index in [9.17, 15) is 10.2 Å². The molecule has 0 spiro atoms. The Bertz CT molecular complexity index is 330. The van der Waals surface area contributed by atoms with Crippen LogP contribution in [-0.2, 0) is 0 Å². The Morgan fingerprint density at radius 3 is 2.60 bits per heavy atom. The molecule has 0 bridgehead atoms. The molecule has 2 unspecified atom stereocenters. The second-order valence-corrected chi connectivity index (χ2v) is 4.42. The second-order valence-electron chi connectivity index (χ2n) is 3.62. The smallest absolute Gasteiger partial charge is 0.107 e. The molecule has 0 aliphatic carbocycles. The number of benzene rings is 1. The van der Waals surface area contributed by atoms with E-state index in [4.69, 9.17) is 5.73 Å². The number of hydrogen-bond donors (Lipinski definition) is 3. The molecule has 0 aliphatic heterocycles. The molecule has 1 rings (SSSR count). The lowest BCUT2D eigenvalue weighted by atomic mass is 10.00. The molecule has 4 N–H and O–H groups in total. The number of aliphatic hydroxyl groups excluding tert-OH is 2. The molecule has 0 heterocycles. The van der Waals surface area contributed by atoms with Crippen LogP contribution in [0.2, 0.25) is 0 Å². The Kier molecular flexibility index (Phi) is 4.57. The third-order valence-electron chi connectivity index (χ3n) is 2.33. The van der Waals surface area contributed by atoms with Crippen molar-refractivity contribution in [3.8, 4) is 0 Å². The largest absolute Gasteiger partial charge is 0.398 e. The maximum Gasteiger partial charge on any atom is 0.107 e. The van der Waals surface area contributed by atoms with Gasteiger partial charge < -0.3 is 15.9 Å². The summed E-state index contributed by atoms with van der Waals surface area (Å²) in [5.41, 5.74) is 7.93. The van der Waals surface area contributed by atoms with Crippen LogP contribution in [0.15, 0.2) is 18.2 Å². The summed E-state index contributed by atoms with van der Waals surface area (Å²) in [5.74, 6) is 0. The van der Waals surface area contributed by atoms with Gasteiger partial charge in [-0.05, 0) is 25.0 Å². The third-order valence-corrected chi connectivity index (χ3v) is 2.79. The van der Waals surface area contributed by atoms with Crippen molar-refractivity contribution in [2.45, 2.75) is 25.6 Å². The molecule has 4 heteroatoms. The summed E-state index contributed by atoms with van der Waals surface area (Å²) in [6.07, 6.45) is -1.20. The van der Waals surface area contributed by atoms with E-state index in [1.807, 2.05) is 13.0 Å². The fraction of sp³-hybridized carbons (Fsp3) is 0.455. The maximum absolute atomic E-state index is 9.84. The number of rotatable bonds is 4. The van der Waals surface area contributed by atoms with Gasteiger partial charge in [0.1, 0.15) is 6.10 Å². The number of aliphatic hydroxyl groups is 2. The lowest BCUT2D eigenvalue weighted by Gasteiger charge is -2.19. The molecule has 0 saturated carbocycles. The number of halogens is 1. The summed E-state index contributed by atoms with van der Waals surface area (Å²) < 4.78 is 0. The summed E-state index contributed by atoms with van der Waals surface area (Å²) >= 11 is 3.22. The van der Waals surface area contributed by atoms with Gasteiger partial charge in [0.15, 0.2) is 0 Å². The van der Waals surface area contributed by atoms with E-state index in [2.05, 4.69) is 15.9 Å². The van der Waals surface area contributed by atoms with Crippen molar-refractivity contribution in [2.75, 3.05) is 11.1 Å². The number of nitrogens with two attached hydrogens (primary N) is 1. The zero-order chi connectivity index (χ0) is 11.4. The first-order chi connectivity index (χ1) is 7.06. The molecule has 0 radical (unpaired) electrons. The predicted octanol–water partition coefficient (Wildman–Crippen LogP) is 1.76. The summed E-state index contributed by atoms with van der Waals surface area (Å²) in [4.78, 5) is 0. The first kappa shape index (κ1) is 12.5. The minimum atomic E-state index is -0.914. The SMILES string of the molecule is Cc1ccc(C(O)C(O)CCBr)c(N)c1. The van der Waals surface area contributed by atoms with Gasteiger partial charge in [-0.2, -0.15) is 0 Å². The number of nitrogen functional groups attached to an aromatic ring is 1. The van der Waals surface area contributed by atoms with Crippen molar-refractivity contribution in [2.24, 2.45) is 0 Å². The minimum absolute atomic E-state index is 0.495. The average Bonchev–Trinajstić information content (AvgIpc) is 2.17. The standard InChI is InChI=1S/C11H16BrNO2/c1-7-2-3-8(9(13)6-7)11(15)10(14)4-5-12/h2-3,6,10-11,14-15H,4-5,13H2,1H3. The van der Waals surface area contributed by atoms with Gasteiger partial charge in [0.05, 0.1) is 6.10 Å². The van der Waals surface area contributed by atoms with Crippen molar-refractivity contribution >= 4 is 21.6 Å². The fourth-order valence-corrected chi connectivity index (χ4v) is 1.91. The third kappa shape index (κ3) is 3.19. The highest BCUT2D eigenvalue weighted by Gasteiger charge is 2.19. The highest BCUT2D eigenvalue weighted by atomic mass is 79.9. The van der Waals surface area contributed by atoms with E-state index in [0.29, 0.717) is 23.0 Å². The van der Waals surface area contributed by atoms with Gasteiger partial charge in [0.2, 0.25) is 0 Å². The summed E-state index contributed by atoms with van der Waals surface area (Å²) in [5, 5.41) is 20.1. The van der Waals surface area contributed by atoms with Crippen LogP contribution in [0.4, 0.5) is 5.69 Å². The lowest BCUT2D eigenvalue weighted by molar-refractivity contribution is 0.0178. The summed E-state index contributed by atoms with van der Waals surface area (Å²) in [6, 6.07) is 5.42. The molecule has 1 aromatic rings. The molecule has 2 atom stereocenters. The number of anilines is 1. The number of hydrogen-bond acceptors (Lipinski definition) is 3. The van der Waals surface area contributed by atoms with E-state index in [1.54, 1.807) is 12.1 Å². The minimum Gasteiger partial charge on any atom is -0.398 e. The van der Waals surface area contributed by atoms with Crippen molar-refractivity contribution in [3.63, 3.8) is 0 Å². The summed E-state index contributed by atoms with van der Waals surface area (Å²) in [7, 11) is 0. The predicted molar refractivity (Wildman–Crippen MR) is 65.0 cm³/mol. The highest BCUT2D eigenvalue weighted by Crippen LogP contribution is 2.25. The Balaban J connectivity index is 2.86. The maximum atomic E-state index is 9.84. The van der Waals surface area contributed by atoms with Gasteiger partial charge >= 0.3 is 0 Å². The van der Waals surface area contributed by atoms with Gasteiger partial charge in [-0.15, -0.1) is 0 Å². The zero-order valence-corrected chi connectivity index (χ0v) is 10.2. The molecule has 0 aliphatic rings. The van der Waals surface area contributed by atoms with E-state index >= 15 is 0 Å². The lowest BCUT2D eigenvalue weighted by Crippen LogP contribution is -2.19. The quantitative estimate of drug-likeness (QED) is 0.579. The highest BCUT2D eigenvalue weighted by molar-refractivity contribution is 9.09. The Hall–Kier alpha value is -0.580. The van der Waals surface area contributed by atoms with Gasteiger partial charge in [-0.3, -0.25) is 0 Å². The van der Waals surface area contributed by atoms with E-state index < -0.39 is 12.2 Å². The van der Waals surface area contributed by atoms with Gasteiger partial charge in [0.25, 0.3) is 0 Å². The first-order valence-corrected chi connectivity index (χ1v) is 5.96. The molecule has 15 heavy (non-hydrogen) atoms. The van der Waals surface area contributed by atoms with Gasteiger partial charge in [-0.25, -0.2) is 0 Å². The molecule has 0 aromatic heterocycles. The molecular formula is C11H16BrNO2. The molecule has 3 nitrogen and oxygen atoms in total.